The van der Waals surface area contributed by atoms with Gasteiger partial charge in [0.25, 0.3) is 0 Å². The Bertz CT molecular complexity index is 812. The minimum absolute atomic E-state index is 1.25. The molecule has 2 aromatic rings. The number of aryl methyl sites for hydroxylation is 1. The molecule has 0 atom stereocenters. The molecule has 0 nitrogen and oxygen atoms in total. The maximum Gasteiger partial charge on any atom is 0.0342 e. The molecular formula is C22H26S5. The largest absolute Gasteiger partial charge is 0.128 e. The van der Waals surface area contributed by atoms with Crippen molar-refractivity contribution in [2.45, 2.75) is 31.4 Å². The Hall–Kier alpha value is -0.330. The minimum Gasteiger partial charge on any atom is -0.128 e. The van der Waals surface area contributed by atoms with Crippen LogP contribution >= 0.6 is 58.8 Å². The predicted molar refractivity (Wildman–Crippen MR) is 135 cm³/mol. The lowest BCUT2D eigenvalue weighted by atomic mass is 10.1. The van der Waals surface area contributed by atoms with E-state index >= 15 is 0 Å². The molecule has 0 aromatic heterocycles. The van der Waals surface area contributed by atoms with Crippen LogP contribution in [0, 0.1) is 6.92 Å². The molecule has 0 aliphatic carbocycles. The van der Waals surface area contributed by atoms with Gasteiger partial charge >= 0.3 is 0 Å². The molecule has 0 aliphatic heterocycles. The molecule has 0 fully saturated rings. The monoisotopic (exact) mass is 450 g/mol. The highest BCUT2D eigenvalue weighted by molar-refractivity contribution is 8.03. The molecule has 0 amide bonds. The highest BCUT2D eigenvalue weighted by Crippen LogP contribution is 2.37. The van der Waals surface area contributed by atoms with Gasteiger partial charge in [0, 0.05) is 24.5 Å². The zero-order chi connectivity index (χ0) is 19.8. The van der Waals surface area contributed by atoms with E-state index in [4.69, 9.17) is 0 Å². The van der Waals surface area contributed by atoms with Crippen LogP contribution in [0.2, 0.25) is 0 Å². The first-order valence-corrected chi connectivity index (χ1v) is 14.6. The summed E-state index contributed by atoms with van der Waals surface area (Å²) in [5.74, 6) is 0. The minimum atomic E-state index is 1.25. The fourth-order valence-electron chi connectivity index (χ4n) is 2.81. The SMILES string of the molecule is CSc1cc(/C=C/C=C/c2cc(SC)c(SC)c(SC)c2)cc(C)c1SC. The van der Waals surface area contributed by atoms with E-state index in [1.165, 1.54) is 41.2 Å². The van der Waals surface area contributed by atoms with Crippen molar-refractivity contribution in [3.63, 3.8) is 0 Å². The van der Waals surface area contributed by atoms with Crippen LogP contribution in [-0.4, -0.2) is 31.3 Å². The van der Waals surface area contributed by atoms with Gasteiger partial charge < -0.3 is 0 Å². The molecule has 0 radical (unpaired) electrons. The molecule has 0 heterocycles. The zero-order valence-electron chi connectivity index (χ0n) is 16.7. The van der Waals surface area contributed by atoms with Crippen LogP contribution in [0.15, 0.2) is 60.9 Å². The fraction of sp³-hybridized carbons (Fsp3) is 0.273. The number of hydrogen-bond donors (Lipinski definition) is 0. The van der Waals surface area contributed by atoms with Crippen molar-refractivity contribution in [1.82, 2.24) is 0 Å². The molecule has 144 valence electrons. The lowest BCUT2D eigenvalue weighted by Crippen LogP contribution is -1.86. The van der Waals surface area contributed by atoms with Gasteiger partial charge in [0.1, 0.15) is 0 Å². The summed E-state index contributed by atoms with van der Waals surface area (Å²) in [5.41, 5.74) is 3.86. The van der Waals surface area contributed by atoms with Gasteiger partial charge in [0.15, 0.2) is 0 Å². The lowest BCUT2D eigenvalue weighted by molar-refractivity contribution is 1.12. The summed E-state index contributed by atoms with van der Waals surface area (Å²) >= 11 is 9.11. The summed E-state index contributed by atoms with van der Waals surface area (Å²) in [7, 11) is 0. The Kier molecular flexibility index (Phi) is 9.88. The number of rotatable bonds is 8. The van der Waals surface area contributed by atoms with Crippen molar-refractivity contribution >= 4 is 71.0 Å². The maximum absolute atomic E-state index is 2.28. The second-order valence-corrected chi connectivity index (χ2v) is 9.93. The fourth-order valence-corrected chi connectivity index (χ4v) is 7.23. The Morgan fingerprint density at radius 3 is 1.37 bits per heavy atom. The smallest absolute Gasteiger partial charge is 0.0342 e. The number of benzene rings is 2. The Morgan fingerprint density at radius 2 is 0.963 bits per heavy atom. The van der Waals surface area contributed by atoms with E-state index in [1.807, 2.05) is 58.8 Å². The number of thioether (sulfide) groups is 5. The van der Waals surface area contributed by atoms with Gasteiger partial charge in [0.05, 0.1) is 0 Å². The molecular weight excluding hydrogens is 425 g/mol. The van der Waals surface area contributed by atoms with Crippen molar-refractivity contribution in [2.75, 3.05) is 31.3 Å². The van der Waals surface area contributed by atoms with E-state index in [2.05, 4.69) is 86.8 Å². The topological polar surface area (TPSA) is 0 Å². The molecule has 27 heavy (non-hydrogen) atoms. The van der Waals surface area contributed by atoms with Crippen LogP contribution in [-0.2, 0) is 0 Å². The van der Waals surface area contributed by atoms with Gasteiger partial charge in [-0.3, -0.25) is 0 Å². The molecule has 5 heteroatoms. The molecule has 0 bridgehead atoms. The predicted octanol–water partition coefficient (Wildman–Crippen LogP) is 8.33. The summed E-state index contributed by atoms with van der Waals surface area (Å²) in [4.78, 5) is 6.83. The average molecular weight is 451 g/mol. The second-order valence-electron chi connectivity index (χ2n) is 5.75. The van der Waals surface area contributed by atoms with E-state index in [0.29, 0.717) is 0 Å². The normalized spacial score (nSPS) is 11.8. The zero-order valence-corrected chi connectivity index (χ0v) is 20.7. The summed E-state index contributed by atoms with van der Waals surface area (Å²) in [5, 5.41) is 0. The number of allylic oxidation sites excluding steroid dienone is 2. The Labute approximate surface area is 185 Å². The standard InChI is InChI=1S/C22H26S5/c1-15-11-16(12-18(23-2)21(15)26-5)9-7-8-10-17-13-19(24-3)22(27-6)20(14-17)25-4/h7-14H,1-6H3/b9-7+,10-8+. The summed E-state index contributed by atoms with van der Waals surface area (Å²) in [6, 6.07) is 9.10. The van der Waals surface area contributed by atoms with Crippen LogP contribution in [0.25, 0.3) is 12.2 Å². The molecule has 0 N–H and O–H groups in total. The Morgan fingerprint density at radius 1 is 0.556 bits per heavy atom. The highest BCUT2D eigenvalue weighted by Gasteiger charge is 2.08. The van der Waals surface area contributed by atoms with Gasteiger partial charge in [-0.05, 0) is 73.1 Å². The molecule has 2 rings (SSSR count). The van der Waals surface area contributed by atoms with Crippen molar-refractivity contribution in [2.24, 2.45) is 0 Å². The van der Waals surface area contributed by atoms with Crippen molar-refractivity contribution < 1.29 is 0 Å². The third-order valence-electron chi connectivity index (χ3n) is 4.06. The van der Waals surface area contributed by atoms with E-state index < -0.39 is 0 Å². The molecule has 0 aliphatic rings. The molecule has 0 unspecified atom stereocenters. The van der Waals surface area contributed by atoms with Crippen LogP contribution in [0.1, 0.15) is 16.7 Å². The molecule has 2 aromatic carbocycles. The quantitative estimate of drug-likeness (QED) is 0.292. The van der Waals surface area contributed by atoms with E-state index in [1.54, 1.807) is 0 Å². The van der Waals surface area contributed by atoms with Crippen molar-refractivity contribution in [3.05, 3.63) is 53.1 Å². The van der Waals surface area contributed by atoms with Crippen LogP contribution < -0.4 is 0 Å². The van der Waals surface area contributed by atoms with E-state index in [9.17, 15) is 0 Å². The van der Waals surface area contributed by atoms with Gasteiger partial charge in [-0.1, -0.05) is 30.4 Å². The second kappa shape index (κ2) is 11.6. The molecule has 0 saturated carbocycles. The van der Waals surface area contributed by atoms with E-state index in [-0.39, 0.29) is 0 Å². The first kappa shape index (κ1) is 23.0. The maximum atomic E-state index is 2.28. The average Bonchev–Trinajstić information content (AvgIpc) is 2.69. The van der Waals surface area contributed by atoms with Gasteiger partial charge in [0.2, 0.25) is 0 Å². The third kappa shape index (κ3) is 6.07. The Balaban J connectivity index is 2.24. The van der Waals surface area contributed by atoms with Gasteiger partial charge in [-0.2, -0.15) is 0 Å². The van der Waals surface area contributed by atoms with Crippen molar-refractivity contribution in [3.8, 4) is 0 Å². The summed E-state index contributed by atoms with van der Waals surface area (Å²) < 4.78 is 0. The summed E-state index contributed by atoms with van der Waals surface area (Å²) in [6.45, 7) is 2.19. The van der Waals surface area contributed by atoms with Gasteiger partial charge in [-0.15, -0.1) is 58.8 Å². The summed E-state index contributed by atoms with van der Waals surface area (Å²) in [6.07, 6.45) is 19.4. The van der Waals surface area contributed by atoms with Crippen LogP contribution in [0.3, 0.4) is 0 Å². The number of hydrogen-bond acceptors (Lipinski definition) is 5. The van der Waals surface area contributed by atoms with Crippen molar-refractivity contribution in [1.29, 1.82) is 0 Å². The van der Waals surface area contributed by atoms with E-state index in [0.717, 1.165) is 0 Å². The third-order valence-corrected chi connectivity index (χ3v) is 8.53. The lowest BCUT2D eigenvalue weighted by Gasteiger charge is -2.11. The molecule has 0 spiro atoms. The molecule has 0 saturated heterocycles. The van der Waals surface area contributed by atoms with Crippen LogP contribution in [0.5, 0.6) is 0 Å². The van der Waals surface area contributed by atoms with Crippen LogP contribution in [0.4, 0.5) is 0 Å². The highest BCUT2D eigenvalue weighted by atomic mass is 32.2. The first-order valence-electron chi connectivity index (χ1n) is 8.45. The first-order chi connectivity index (χ1) is 13.1. The van der Waals surface area contributed by atoms with Gasteiger partial charge in [-0.25, -0.2) is 0 Å².